The van der Waals surface area contributed by atoms with E-state index in [-0.39, 0.29) is 40.8 Å². The van der Waals surface area contributed by atoms with Gasteiger partial charge in [-0.15, -0.1) is 0 Å². The van der Waals surface area contributed by atoms with Gasteiger partial charge in [-0.1, -0.05) is 0 Å². The highest BCUT2D eigenvalue weighted by Crippen LogP contribution is 2.20. The van der Waals surface area contributed by atoms with Gasteiger partial charge in [0.05, 0.1) is 5.56 Å². The Morgan fingerprint density at radius 3 is 2.74 bits per heavy atom. The van der Waals surface area contributed by atoms with E-state index in [1.54, 1.807) is 17.5 Å². The molecule has 0 aromatic carbocycles. The predicted octanol–water partition coefficient (Wildman–Crippen LogP) is 0.967. The molecule has 0 aliphatic carbocycles. The van der Waals surface area contributed by atoms with Crippen LogP contribution in [0.1, 0.15) is 27.3 Å². The van der Waals surface area contributed by atoms with Crippen molar-refractivity contribution < 1.29 is 14.4 Å². The van der Waals surface area contributed by atoms with E-state index in [0.717, 1.165) is 4.90 Å². The third-order valence-corrected chi connectivity index (χ3v) is 3.41. The molecule has 1 aromatic rings. The third-order valence-electron chi connectivity index (χ3n) is 2.68. The number of aromatic nitrogens is 1. The summed E-state index contributed by atoms with van der Waals surface area (Å²) in [5, 5.41) is 1.62. The zero-order valence-corrected chi connectivity index (χ0v) is 11.6. The van der Waals surface area contributed by atoms with Crippen LogP contribution in [0, 0.1) is 0 Å². The number of hydrogen-bond acceptors (Lipinski definition) is 4. The Kier molecular flexibility index (Phi) is 3.90. The average molecular weight is 278 g/mol. The number of imide groups is 1. The first-order chi connectivity index (χ1) is 9.00. The first-order valence-electron chi connectivity index (χ1n) is 5.76. The molecule has 5 nitrogen and oxygen atoms in total. The number of amides is 2. The Morgan fingerprint density at radius 1 is 1.37 bits per heavy atom. The van der Waals surface area contributed by atoms with E-state index < -0.39 is 5.91 Å². The topological polar surface area (TPSA) is 67.3 Å². The molecular weight excluding hydrogens is 264 g/mol. The second-order valence-electron chi connectivity index (χ2n) is 4.38. The Labute approximate surface area is 113 Å². The summed E-state index contributed by atoms with van der Waals surface area (Å²) in [5.74, 6) is -0.828. The first kappa shape index (κ1) is 13.6. The van der Waals surface area contributed by atoms with Gasteiger partial charge in [-0.05, 0) is 24.6 Å². The van der Waals surface area contributed by atoms with Gasteiger partial charge in [0.25, 0.3) is 11.8 Å². The van der Waals surface area contributed by atoms with Crippen LogP contribution >= 0.6 is 10.5 Å². The molecular formula is C13H14N2O3S. The number of hydrogen-bond donors (Lipinski definition) is 0. The molecule has 0 spiro atoms. The maximum atomic E-state index is 12.0. The standard InChI is InChI=1S/C13H14N2O3S/c1-19(2)8-9(16)5-7-15-12(17)10-4-3-6-14-11(10)13(15)18/h3-4,6,8H,5,7H2,1-2H3. The number of pyridine rings is 1. The normalized spacial score (nSPS) is 13.9. The van der Waals surface area contributed by atoms with Crippen LogP contribution in [0.3, 0.4) is 0 Å². The molecule has 100 valence electrons. The van der Waals surface area contributed by atoms with Crippen molar-refractivity contribution in [3.63, 3.8) is 0 Å². The predicted molar refractivity (Wildman–Crippen MR) is 74.7 cm³/mol. The van der Waals surface area contributed by atoms with Crippen molar-refractivity contribution in [2.45, 2.75) is 6.42 Å². The molecule has 0 N–H and O–H groups in total. The first-order valence-corrected chi connectivity index (χ1v) is 7.86. The van der Waals surface area contributed by atoms with Gasteiger partial charge in [0.2, 0.25) is 0 Å². The Bertz CT molecular complexity index is 556. The fraction of sp³-hybridized carbons (Fsp3) is 0.308. The van der Waals surface area contributed by atoms with Crippen molar-refractivity contribution >= 4 is 33.4 Å². The van der Waals surface area contributed by atoms with E-state index >= 15 is 0 Å². The van der Waals surface area contributed by atoms with Gasteiger partial charge in [0.1, 0.15) is 5.69 Å². The van der Waals surface area contributed by atoms with E-state index in [1.165, 1.54) is 6.20 Å². The van der Waals surface area contributed by atoms with Crippen LogP contribution in [-0.4, -0.2) is 51.9 Å². The summed E-state index contributed by atoms with van der Waals surface area (Å²) < 4.78 is 0. The minimum absolute atomic E-state index is 0.0437. The second kappa shape index (κ2) is 5.44. The van der Waals surface area contributed by atoms with Gasteiger partial charge >= 0.3 is 0 Å². The van der Waals surface area contributed by atoms with Crippen LogP contribution in [0.5, 0.6) is 0 Å². The maximum Gasteiger partial charge on any atom is 0.280 e. The van der Waals surface area contributed by atoms with Gasteiger partial charge < -0.3 is 0 Å². The molecule has 2 rings (SSSR count). The second-order valence-corrected chi connectivity index (χ2v) is 6.37. The smallest absolute Gasteiger partial charge is 0.280 e. The molecule has 2 amide bonds. The van der Waals surface area contributed by atoms with Crippen LogP contribution in [0.2, 0.25) is 0 Å². The molecule has 2 heterocycles. The van der Waals surface area contributed by atoms with Gasteiger partial charge in [0.15, 0.2) is 5.78 Å². The van der Waals surface area contributed by atoms with Gasteiger partial charge in [-0.25, -0.2) is 0 Å². The zero-order chi connectivity index (χ0) is 14.0. The quantitative estimate of drug-likeness (QED) is 0.608. The Morgan fingerprint density at radius 2 is 2.11 bits per heavy atom. The summed E-state index contributed by atoms with van der Waals surface area (Å²) in [7, 11) is -0.0814. The van der Waals surface area contributed by atoms with E-state index in [0.29, 0.717) is 5.56 Å². The number of Topliss-reactive ketones (excluding diaryl/α,β-unsaturated/α-hetero) is 1. The molecule has 0 saturated carbocycles. The lowest BCUT2D eigenvalue weighted by Gasteiger charge is -2.11. The Balaban J connectivity index is 2.09. The van der Waals surface area contributed by atoms with Crippen molar-refractivity contribution in [2.75, 3.05) is 19.1 Å². The summed E-state index contributed by atoms with van der Waals surface area (Å²) >= 11 is 0. The summed E-state index contributed by atoms with van der Waals surface area (Å²) in [4.78, 5) is 40.5. The van der Waals surface area contributed by atoms with Crippen LogP contribution in [0.15, 0.2) is 18.3 Å². The fourth-order valence-corrected chi connectivity index (χ4v) is 2.50. The van der Waals surface area contributed by atoms with E-state index in [2.05, 4.69) is 4.98 Å². The SMILES string of the molecule is CS(C)=CC(=O)CCN1C(=O)c2cccnc2C1=O. The molecule has 6 heteroatoms. The van der Waals surface area contributed by atoms with E-state index in [1.807, 2.05) is 12.5 Å². The maximum absolute atomic E-state index is 12.0. The molecule has 1 aliphatic heterocycles. The average Bonchev–Trinajstić information content (AvgIpc) is 2.60. The molecule has 19 heavy (non-hydrogen) atoms. The monoisotopic (exact) mass is 278 g/mol. The third kappa shape index (κ3) is 2.78. The molecule has 0 unspecified atom stereocenters. The number of nitrogens with zero attached hydrogens (tertiary/aromatic N) is 2. The highest BCUT2D eigenvalue weighted by Gasteiger charge is 2.36. The zero-order valence-electron chi connectivity index (χ0n) is 10.8. The molecule has 1 aliphatic rings. The van der Waals surface area contributed by atoms with Gasteiger partial charge in [0, 0.05) is 24.5 Å². The van der Waals surface area contributed by atoms with E-state index in [9.17, 15) is 14.4 Å². The number of carbonyl (C=O) groups excluding carboxylic acids is 3. The van der Waals surface area contributed by atoms with Crippen LogP contribution in [-0.2, 0) is 4.79 Å². The van der Waals surface area contributed by atoms with Crippen molar-refractivity contribution in [1.29, 1.82) is 0 Å². The lowest BCUT2D eigenvalue weighted by molar-refractivity contribution is -0.112. The van der Waals surface area contributed by atoms with Gasteiger partial charge in [-0.3, -0.25) is 24.3 Å². The molecule has 0 radical (unpaired) electrons. The lowest BCUT2D eigenvalue weighted by atomic mass is 10.2. The molecule has 1 aromatic heterocycles. The van der Waals surface area contributed by atoms with Crippen LogP contribution < -0.4 is 0 Å². The summed E-state index contributed by atoms with van der Waals surface area (Å²) in [6.45, 7) is 0.112. The fourth-order valence-electron chi connectivity index (χ4n) is 1.86. The van der Waals surface area contributed by atoms with E-state index in [4.69, 9.17) is 0 Å². The minimum Gasteiger partial charge on any atom is -0.294 e. The van der Waals surface area contributed by atoms with Crippen molar-refractivity contribution in [1.82, 2.24) is 9.88 Å². The molecule has 0 atom stereocenters. The molecule has 0 saturated heterocycles. The van der Waals surface area contributed by atoms with Gasteiger partial charge in [-0.2, -0.15) is 10.5 Å². The van der Waals surface area contributed by atoms with Crippen LogP contribution in [0.4, 0.5) is 0 Å². The van der Waals surface area contributed by atoms with Crippen molar-refractivity contribution in [3.05, 3.63) is 29.6 Å². The number of fused-ring (bicyclic) bond motifs is 1. The number of carbonyl (C=O) groups is 3. The Hall–Kier alpha value is -1.82. The summed E-state index contributed by atoms with van der Waals surface area (Å²) in [6.07, 6.45) is 5.51. The largest absolute Gasteiger partial charge is 0.294 e. The minimum atomic E-state index is -0.416. The highest BCUT2D eigenvalue weighted by molar-refractivity contribution is 8.14. The summed E-state index contributed by atoms with van der Waals surface area (Å²) in [6, 6.07) is 3.19. The summed E-state index contributed by atoms with van der Waals surface area (Å²) in [5.41, 5.74) is 0.490. The number of rotatable bonds is 4. The van der Waals surface area contributed by atoms with Crippen molar-refractivity contribution in [2.24, 2.45) is 0 Å². The molecule has 0 fully saturated rings. The number of ketones is 1. The lowest BCUT2D eigenvalue weighted by Crippen LogP contribution is -2.32. The van der Waals surface area contributed by atoms with Crippen LogP contribution in [0.25, 0.3) is 0 Å². The molecule has 0 bridgehead atoms. The van der Waals surface area contributed by atoms with Crippen molar-refractivity contribution in [3.8, 4) is 0 Å². The highest BCUT2D eigenvalue weighted by atomic mass is 32.2.